The first kappa shape index (κ1) is 14.3. The molecule has 2 aromatic rings. The van der Waals surface area contributed by atoms with Crippen molar-refractivity contribution in [2.45, 2.75) is 19.3 Å². The van der Waals surface area contributed by atoms with Gasteiger partial charge in [0.1, 0.15) is 0 Å². The van der Waals surface area contributed by atoms with E-state index in [1.165, 1.54) is 0 Å². The maximum Gasteiger partial charge on any atom is 0.307 e. The van der Waals surface area contributed by atoms with Crippen LogP contribution in [0.1, 0.15) is 33.8 Å². The first-order valence-electron chi connectivity index (χ1n) is 7.21. The number of hydrogen-bond acceptors (Lipinski definition) is 2. The molecule has 2 aromatic carbocycles. The molecule has 0 unspecified atom stereocenters. The van der Waals surface area contributed by atoms with Crippen molar-refractivity contribution in [2.24, 2.45) is 11.7 Å². The molecule has 1 fully saturated rings. The fourth-order valence-corrected chi connectivity index (χ4v) is 2.83. The van der Waals surface area contributed by atoms with Crippen molar-refractivity contribution in [3.8, 4) is 11.1 Å². The molecule has 1 amide bonds. The summed E-state index contributed by atoms with van der Waals surface area (Å²) in [5.74, 6) is -1.28. The topological polar surface area (TPSA) is 80.4 Å². The zero-order chi connectivity index (χ0) is 15.9. The largest absolute Gasteiger partial charge is 0.481 e. The van der Waals surface area contributed by atoms with Gasteiger partial charge in [0, 0.05) is 5.56 Å². The first-order valence-corrected chi connectivity index (χ1v) is 7.21. The molecule has 1 aliphatic carbocycles. The zero-order valence-corrected chi connectivity index (χ0v) is 12.2. The maximum absolute atomic E-state index is 11.3. The Kier molecular flexibility index (Phi) is 3.45. The van der Waals surface area contributed by atoms with E-state index in [-0.39, 0.29) is 11.8 Å². The van der Waals surface area contributed by atoms with E-state index in [1.807, 2.05) is 37.3 Å². The smallest absolute Gasteiger partial charge is 0.307 e. The van der Waals surface area contributed by atoms with E-state index in [0.29, 0.717) is 12.0 Å². The highest BCUT2D eigenvalue weighted by Gasteiger charge is 2.43. The Morgan fingerprint density at radius 1 is 1.14 bits per heavy atom. The van der Waals surface area contributed by atoms with Crippen LogP contribution in [-0.2, 0) is 4.79 Å². The van der Waals surface area contributed by atoms with Gasteiger partial charge in [0.25, 0.3) is 0 Å². The van der Waals surface area contributed by atoms with E-state index in [0.717, 1.165) is 22.3 Å². The number of aliphatic carboxylic acids is 1. The molecular weight excluding hydrogens is 278 g/mol. The summed E-state index contributed by atoms with van der Waals surface area (Å²) in [6, 6.07) is 13.3. The van der Waals surface area contributed by atoms with Crippen molar-refractivity contribution in [3.05, 3.63) is 59.2 Å². The molecule has 0 aromatic heterocycles. The molecule has 112 valence electrons. The molecule has 0 heterocycles. The lowest BCUT2D eigenvalue weighted by molar-refractivity contribution is -0.138. The molecule has 3 rings (SSSR count). The standard InChI is InChI=1S/C18H17NO3/c1-10-2-3-13(17(19)20)8-14(10)11-4-6-12(7-5-11)15-9-16(15)18(21)22/h2-8,15-16H,9H2,1H3,(H2,19,20)(H,21,22)/t15-,16+/m0/s1. The Hall–Kier alpha value is -2.62. The van der Waals surface area contributed by atoms with E-state index < -0.39 is 11.9 Å². The van der Waals surface area contributed by atoms with Gasteiger partial charge in [0.15, 0.2) is 0 Å². The second-order valence-electron chi connectivity index (χ2n) is 5.80. The lowest BCUT2D eigenvalue weighted by Gasteiger charge is -2.09. The summed E-state index contributed by atoms with van der Waals surface area (Å²) in [5.41, 5.74) is 9.90. The maximum atomic E-state index is 11.3. The van der Waals surface area contributed by atoms with Crippen molar-refractivity contribution < 1.29 is 14.7 Å². The van der Waals surface area contributed by atoms with Gasteiger partial charge in [-0.15, -0.1) is 0 Å². The Balaban J connectivity index is 1.89. The number of carboxylic acid groups (broad SMARTS) is 1. The van der Waals surface area contributed by atoms with Crippen molar-refractivity contribution in [3.63, 3.8) is 0 Å². The van der Waals surface area contributed by atoms with E-state index in [1.54, 1.807) is 12.1 Å². The molecule has 1 saturated carbocycles. The molecule has 0 aliphatic heterocycles. The number of nitrogens with two attached hydrogens (primary N) is 1. The van der Waals surface area contributed by atoms with Crippen LogP contribution in [0.25, 0.3) is 11.1 Å². The van der Waals surface area contributed by atoms with Gasteiger partial charge in [-0.1, -0.05) is 30.3 Å². The van der Waals surface area contributed by atoms with Crippen LogP contribution < -0.4 is 5.73 Å². The van der Waals surface area contributed by atoms with Crippen LogP contribution >= 0.6 is 0 Å². The number of carbonyl (C=O) groups is 2. The Morgan fingerprint density at radius 2 is 1.82 bits per heavy atom. The lowest BCUT2D eigenvalue weighted by Crippen LogP contribution is -2.10. The van der Waals surface area contributed by atoms with Crippen molar-refractivity contribution in [1.82, 2.24) is 0 Å². The van der Waals surface area contributed by atoms with Gasteiger partial charge in [0.2, 0.25) is 5.91 Å². The SMILES string of the molecule is Cc1ccc(C(N)=O)cc1-c1ccc([C@@H]2C[C@H]2C(=O)O)cc1. The fourth-order valence-electron chi connectivity index (χ4n) is 2.83. The highest BCUT2D eigenvalue weighted by Crippen LogP contribution is 2.47. The monoisotopic (exact) mass is 295 g/mol. The Morgan fingerprint density at radius 3 is 2.36 bits per heavy atom. The van der Waals surface area contributed by atoms with Crippen molar-refractivity contribution in [2.75, 3.05) is 0 Å². The third-order valence-electron chi connectivity index (χ3n) is 4.28. The normalized spacial score (nSPS) is 19.7. The molecule has 4 nitrogen and oxygen atoms in total. The second kappa shape index (κ2) is 5.30. The Bertz CT molecular complexity index is 749. The molecular formula is C18H17NO3. The van der Waals surface area contributed by atoms with Crippen LogP contribution in [0.3, 0.4) is 0 Å². The Labute approximate surface area is 128 Å². The predicted octanol–water partition coefficient (Wildman–Crippen LogP) is 2.95. The van der Waals surface area contributed by atoms with Gasteiger partial charge >= 0.3 is 5.97 Å². The van der Waals surface area contributed by atoms with Gasteiger partial charge in [-0.3, -0.25) is 9.59 Å². The zero-order valence-electron chi connectivity index (χ0n) is 12.2. The van der Waals surface area contributed by atoms with E-state index in [4.69, 9.17) is 10.8 Å². The van der Waals surface area contributed by atoms with Crippen molar-refractivity contribution >= 4 is 11.9 Å². The molecule has 0 bridgehead atoms. The van der Waals surface area contributed by atoms with Crippen LogP contribution in [-0.4, -0.2) is 17.0 Å². The number of primary amides is 1. The summed E-state index contributed by atoms with van der Waals surface area (Å²) < 4.78 is 0. The minimum absolute atomic E-state index is 0.129. The summed E-state index contributed by atoms with van der Waals surface area (Å²) in [4.78, 5) is 22.2. The van der Waals surface area contributed by atoms with Crippen LogP contribution in [0.4, 0.5) is 0 Å². The lowest BCUT2D eigenvalue weighted by atomic mass is 9.96. The quantitative estimate of drug-likeness (QED) is 0.910. The number of benzene rings is 2. The fraction of sp³-hybridized carbons (Fsp3) is 0.222. The van der Waals surface area contributed by atoms with Gasteiger partial charge < -0.3 is 10.8 Å². The number of amides is 1. The minimum Gasteiger partial charge on any atom is -0.481 e. The van der Waals surface area contributed by atoms with Crippen LogP contribution in [0.5, 0.6) is 0 Å². The minimum atomic E-state index is -0.723. The third-order valence-corrected chi connectivity index (χ3v) is 4.28. The van der Waals surface area contributed by atoms with Gasteiger partial charge in [-0.2, -0.15) is 0 Å². The van der Waals surface area contributed by atoms with E-state index in [2.05, 4.69) is 0 Å². The number of aryl methyl sites for hydroxylation is 1. The van der Waals surface area contributed by atoms with Crippen LogP contribution in [0, 0.1) is 12.8 Å². The summed E-state index contributed by atoms with van der Waals surface area (Å²) in [7, 11) is 0. The number of carbonyl (C=O) groups excluding carboxylic acids is 1. The molecule has 0 radical (unpaired) electrons. The molecule has 3 N–H and O–H groups in total. The molecule has 0 saturated heterocycles. The summed E-state index contributed by atoms with van der Waals surface area (Å²) in [5, 5.41) is 8.99. The molecule has 0 spiro atoms. The summed E-state index contributed by atoms with van der Waals surface area (Å²) in [6.45, 7) is 1.98. The van der Waals surface area contributed by atoms with Gasteiger partial charge in [-0.05, 0) is 53.6 Å². The molecule has 4 heteroatoms. The molecule has 22 heavy (non-hydrogen) atoms. The van der Waals surface area contributed by atoms with E-state index in [9.17, 15) is 9.59 Å². The average Bonchev–Trinajstić information content (AvgIpc) is 3.28. The average molecular weight is 295 g/mol. The van der Waals surface area contributed by atoms with E-state index >= 15 is 0 Å². The van der Waals surface area contributed by atoms with Gasteiger partial charge in [0.05, 0.1) is 5.92 Å². The van der Waals surface area contributed by atoms with Crippen LogP contribution in [0.2, 0.25) is 0 Å². The number of rotatable bonds is 4. The van der Waals surface area contributed by atoms with Gasteiger partial charge in [-0.25, -0.2) is 0 Å². The molecule has 1 aliphatic rings. The predicted molar refractivity (Wildman–Crippen MR) is 83.6 cm³/mol. The second-order valence-corrected chi connectivity index (χ2v) is 5.80. The highest BCUT2D eigenvalue weighted by molar-refractivity contribution is 5.94. The number of carboxylic acids is 1. The third kappa shape index (κ3) is 2.60. The summed E-state index contributed by atoms with van der Waals surface area (Å²) in [6.07, 6.45) is 0.713. The van der Waals surface area contributed by atoms with Crippen LogP contribution in [0.15, 0.2) is 42.5 Å². The number of hydrogen-bond donors (Lipinski definition) is 2. The molecule has 2 atom stereocenters. The summed E-state index contributed by atoms with van der Waals surface area (Å²) >= 11 is 0. The van der Waals surface area contributed by atoms with Crippen molar-refractivity contribution in [1.29, 1.82) is 0 Å². The first-order chi connectivity index (χ1) is 10.5. The highest BCUT2D eigenvalue weighted by atomic mass is 16.4.